The van der Waals surface area contributed by atoms with E-state index in [0.29, 0.717) is 30.9 Å². The Kier molecular flexibility index (Phi) is 6.86. The fraction of sp³-hybridized carbons (Fsp3) is 0.333. The largest absolute Gasteiger partial charge is 0.465 e. The molecule has 0 atom stereocenters. The molecule has 33 heavy (non-hydrogen) atoms. The molecule has 0 saturated carbocycles. The predicted octanol–water partition coefficient (Wildman–Crippen LogP) is 3.40. The fourth-order valence-corrected chi connectivity index (χ4v) is 3.43. The molecule has 1 saturated heterocycles. The second-order valence-electron chi connectivity index (χ2n) is 7.49. The van der Waals surface area contributed by atoms with Gasteiger partial charge in [0.25, 0.3) is 11.6 Å². The number of likely N-dealkylation sites (N-methyl/N-ethyl adjacent to an activating group) is 1. The molecular formula is C21H21F3N4O5. The Bertz CT molecular complexity index is 1080. The maximum Gasteiger partial charge on any atom is 0.416 e. The van der Waals surface area contributed by atoms with Gasteiger partial charge in [-0.05, 0) is 37.4 Å². The van der Waals surface area contributed by atoms with Gasteiger partial charge in [-0.3, -0.25) is 14.9 Å². The van der Waals surface area contributed by atoms with Gasteiger partial charge in [0.05, 0.1) is 23.2 Å². The molecule has 1 amide bonds. The lowest BCUT2D eigenvalue weighted by Crippen LogP contribution is -2.44. The summed E-state index contributed by atoms with van der Waals surface area (Å²) in [7, 11) is 2.96. The van der Waals surface area contributed by atoms with E-state index in [1.165, 1.54) is 12.1 Å². The van der Waals surface area contributed by atoms with Crippen molar-refractivity contribution in [3.8, 4) is 0 Å². The second kappa shape index (κ2) is 9.45. The van der Waals surface area contributed by atoms with Crippen LogP contribution in [0.5, 0.6) is 0 Å². The zero-order valence-corrected chi connectivity index (χ0v) is 17.8. The Hall–Kier alpha value is -3.67. The summed E-state index contributed by atoms with van der Waals surface area (Å²) in [5, 5.41) is 13.9. The molecule has 1 heterocycles. The van der Waals surface area contributed by atoms with Gasteiger partial charge in [-0.2, -0.15) is 13.2 Å². The summed E-state index contributed by atoms with van der Waals surface area (Å²) in [6.45, 7) is 2.59. The van der Waals surface area contributed by atoms with Crippen molar-refractivity contribution in [2.75, 3.05) is 50.6 Å². The standard InChI is InChI=1S/C21H21F3N4O5/c1-26-5-7-27(8-6-26)17-4-3-13(11-18(17)28(31)32)19(29)25-16-10-14(20(30)33-2)9-15(12-16)21(22,23)24/h3-4,9-12H,5-8H2,1-2H3,(H,25,29). The van der Waals surface area contributed by atoms with E-state index in [2.05, 4.69) is 15.0 Å². The van der Waals surface area contributed by atoms with Crippen LogP contribution in [0.1, 0.15) is 26.3 Å². The van der Waals surface area contributed by atoms with Gasteiger partial charge in [-0.15, -0.1) is 0 Å². The number of nitro groups is 1. The van der Waals surface area contributed by atoms with Gasteiger partial charge in [0, 0.05) is 43.5 Å². The molecule has 1 aliphatic rings. The first-order valence-electron chi connectivity index (χ1n) is 9.83. The lowest BCUT2D eigenvalue weighted by atomic mass is 10.1. The number of methoxy groups -OCH3 is 1. The molecule has 9 nitrogen and oxygen atoms in total. The molecule has 1 aliphatic heterocycles. The summed E-state index contributed by atoms with van der Waals surface area (Å²) >= 11 is 0. The molecule has 0 bridgehead atoms. The number of nitro benzene ring substituents is 1. The van der Waals surface area contributed by atoms with Crippen molar-refractivity contribution in [3.05, 3.63) is 63.2 Å². The Labute approximate surface area is 186 Å². The first-order valence-corrected chi connectivity index (χ1v) is 9.83. The highest BCUT2D eigenvalue weighted by atomic mass is 19.4. The van der Waals surface area contributed by atoms with Crippen molar-refractivity contribution in [2.45, 2.75) is 6.18 Å². The van der Waals surface area contributed by atoms with Crippen molar-refractivity contribution in [1.29, 1.82) is 0 Å². The van der Waals surface area contributed by atoms with Crippen molar-refractivity contribution >= 4 is 28.9 Å². The van der Waals surface area contributed by atoms with Crippen LogP contribution in [-0.4, -0.2) is 62.0 Å². The van der Waals surface area contributed by atoms with Crippen molar-refractivity contribution in [1.82, 2.24) is 4.90 Å². The summed E-state index contributed by atoms with van der Waals surface area (Å²) in [6.07, 6.45) is -4.77. The van der Waals surface area contributed by atoms with E-state index in [1.54, 1.807) is 0 Å². The van der Waals surface area contributed by atoms with Crippen LogP contribution in [0.3, 0.4) is 0 Å². The number of ether oxygens (including phenoxy) is 1. The van der Waals surface area contributed by atoms with Crippen LogP contribution in [0.25, 0.3) is 0 Å². The highest BCUT2D eigenvalue weighted by molar-refractivity contribution is 6.05. The van der Waals surface area contributed by atoms with Crippen LogP contribution in [0.15, 0.2) is 36.4 Å². The number of carbonyl (C=O) groups excluding carboxylic acids is 2. The van der Waals surface area contributed by atoms with E-state index in [-0.39, 0.29) is 16.9 Å². The van der Waals surface area contributed by atoms with E-state index in [9.17, 15) is 32.9 Å². The van der Waals surface area contributed by atoms with Crippen LogP contribution in [0.4, 0.5) is 30.2 Å². The molecule has 0 aliphatic carbocycles. The number of amides is 1. The van der Waals surface area contributed by atoms with E-state index >= 15 is 0 Å². The quantitative estimate of drug-likeness (QED) is 0.409. The summed E-state index contributed by atoms with van der Waals surface area (Å²) < 4.78 is 44.1. The van der Waals surface area contributed by atoms with E-state index in [1.807, 2.05) is 11.9 Å². The van der Waals surface area contributed by atoms with Crippen molar-refractivity contribution in [3.63, 3.8) is 0 Å². The predicted molar refractivity (Wildman–Crippen MR) is 114 cm³/mol. The minimum absolute atomic E-state index is 0.114. The number of alkyl halides is 3. The monoisotopic (exact) mass is 466 g/mol. The molecule has 0 aromatic heterocycles. The number of hydrogen-bond acceptors (Lipinski definition) is 7. The molecule has 0 unspecified atom stereocenters. The summed E-state index contributed by atoms with van der Waals surface area (Å²) in [6, 6.07) is 6.20. The van der Waals surface area contributed by atoms with Gasteiger partial charge < -0.3 is 19.9 Å². The number of hydrogen-bond donors (Lipinski definition) is 1. The zero-order chi connectivity index (χ0) is 24.3. The first kappa shape index (κ1) is 24.0. The molecule has 1 N–H and O–H groups in total. The van der Waals surface area contributed by atoms with Crippen molar-refractivity contribution in [2.24, 2.45) is 0 Å². The van der Waals surface area contributed by atoms with Crippen LogP contribution in [0.2, 0.25) is 0 Å². The van der Waals surface area contributed by atoms with Gasteiger partial charge >= 0.3 is 12.1 Å². The second-order valence-corrected chi connectivity index (χ2v) is 7.49. The fourth-order valence-electron chi connectivity index (χ4n) is 3.43. The van der Waals surface area contributed by atoms with E-state index in [4.69, 9.17) is 0 Å². The van der Waals surface area contributed by atoms with Crippen LogP contribution in [0, 0.1) is 10.1 Å². The SMILES string of the molecule is COC(=O)c1cc(NC(=O)c2ccc(N3CCN(C)CC3)c([N+](=O)[O-])c2)cc(C(F)(F)F)c1. The number of nitrogens with zero attached hydrogens (tertiary/aromatic N) is 3. The molecule has 2 aromatic carbocycles. The molecule has 12 heteroatoms. The number of rotatable bonds is 5. The van der Waals surface area contributed by atoms with Crippen LogP contribution in [-0.2, 0) is 10.9 Å². The Morgan fingerprint density at radius 2 is 1.73 bits per heavy atom. The maximum atomic E-state index is 13.2. The lowest BCUT2D eigenvalue weighted by molar-refractivity contribution is -0.384. The van der Waals surface area contributed by atoms with Gasteiger partial charge in [0.15, 0.2) is 0 Å². The Balaban J connectivity index is 1.90. The molecule has 3 rings (SSSR count). The minimum atomic E-state index is -4.77. The molecule has 0 radical (unpaired) electrons. The third-order valence-corrected chi connectivity index (χ3v) is 5.22. The average Bonchev–Trinajstić information content (AvgIpc) is 2.77. The molecule has 2 aromatic rings. The number of esters is 1. The smallest absolute Gasteiger partial charge is 0.416 e. The third kappa shape index (κ3) is 5.58. The molecule has 176 valence electrons. The first-order chi connectivity index (χ1) is 15.5. The minimum Gasteiger partial charge on any atom is -0.465 e. The van der Waals surface area contributed by atoms with Crippen LogP contribution < -0.4 is 10.2 Å². The highest BCUT2D eigenvalue weighted by Crippen LogP contribution is 2.33. The normalized spacial score (nSPS) is 14.6. The number of carbonyl (C=O) groups is 2. The van der Waals surface area contributed by atoms with E-state index in [0.717, 1.165) is 32.3 Å². The van der Waals surface area contributed by atoms with E-state index < -0.39 is 34.1 Å². The topological polar surface area (TPSA) is 105 Å². The number of halogens is 3. The average molecular weight is 466 g/mol. The number of nitrogens with one attached hydrogen (secondary N) is 1. The van der Waals surface area contributed by atoms with Gasteiger partial charge in [-0.25, -0.2) is 4.79 Å². The summed E-state index contributed by atoms with van der Waals surface area (Å²) in [5.41, 5.74) is -1.91. The summed E-state index contributed by atoms with van der Waals surface area (Å²) in [4.78, 5) is 39.4. The summed E-state index contributed by atoms with van der Waals surface area (Å²) in [5.74, 6) is -1.87. The van der Waals surface area contributed by atoms with Crippen molar-refractivity contribution < 1.29 is 32.4 Å². The number of anilines is 2. The van der Waals surface area contributed by atoms with Gasteiger partial charge in [-0.1, -0.05) is 0 Å². The highest BCUT2D eigenvalue weighted by Gasteiger charge is 2.32. The zero-order valence-electron chi connectivity index (χ0n) is 17.8. The third-order valence-electron chi connectivity index (χ3n) is 5.22. The maximum absolute atomic E-state index is 13.2. The molecular weight excluding hydrogens is 445 g/mol. The van der Waals surface area contributed by atoms with Gasteiger partial charge in [0.2, 0.25) is 0 Å². The van der Waals surface area contributed by atoms with Crippen LogP contribution >= 0.6 is 0 Å². The Morgan fingerprint density at radius 3 is 2.30 bits per heavy atom. The molecule has 1 fully saturated rings. The molecule has 0 spiro atoms. The number of piperazine rings is 1. The number of benzene rings is 2. The Morgan fingerprint density at radius 1 is 1.06 bits per heavy atom. The van der Waals surface area contributed by atoms with Gasteiger partial charge in [0.1, 0.15) is 5.69 Å². The lowest BCUT2D eigenvalue weighted by Gasteiger charge is -2.33.